The van der Waals surface area contributed by atoms with Gasteiger partial charge >= 0.3 is 5.95 Å². The van der Waals surface area contributed by atoms with Gasteiger partial charge < -0.3 is 10.1 Å². The highest BCUT2D eigenvalue weighted by Gasteiger charge is 2.18. The van der Waals surface area contributed by atoms with Crippen LogP contribution in [0.15, 0.2) is 6.20 Å². The van der Waals surface area contributed by atoms with Gasteiger partial charge in [-0.15, -0.1) is 11.6 Å². The summed E-state index contributed by atoms with van der Waals surface area (Å²) in [4.78, 5) is 13.7. The molecule has 1 heterocycles. The van der Waals surface area contributed by atoms with E-state index in [9.17, 15) is 10.1 Å². The topological polar surface area (TPSA) is 61.0 Å². The van der Waals surface area contributed by atoms with Crippen molar-refractivity contribution in [3.8, 4) is 0 Å². The monoisotopic (exact) mass is 203 g/mol. The van der Waals surface area contributed by atoms with E-state index < -0.39 is 4.92 Å². The van der Waals surface area contributed by atoms with Gasteiger partial charge in [0.15, 0.2) is 0 Å². The van der Waals surface area contributed by atoms with Gasteiger partial charge in [0.05, 0.1) is 12.4 Å². The van der Waals surface area contributed by atoms with Crippen LogP contribution >= 0.6 is 11.6 Å². The Hall–Kier alpha value is -1.10. The standard InChI is InChI=1S/C7H10ClN3O2/c1-2-6-5-9-7(11(12)13)10(6)4-3-8/h5H,2-4H2,1H3. The Morgan fingerprint density at radius 2 is 2.46 bits per heavy atom. The molecule has 0 fully saturated rings. The van der Waals surface area contributed by atoms with Crippen LogP contribution in [0.2, 0.25) is 0 Å². The summed E-state index contributed by atoms with van der Waals surface area (Å²) in [7, 11) is 0. The van der Waals surface area contributed by atoms with Gasteiger partial charge in [0.25, 0.3) is 0 Å². The predicted molar refractivity (Wildman–Crippen MR) is 49.0 cm³/mol. The van der Waals surface area contributed by atoms with Crippen LogP contribution in [0.3, 0.4) is 0 Å². The third-order valence-electron chi connectivity index (χ3n) is 1.75. The number of rotatable bonds is 4. The quantitative estimate of drug-likeness (QED) is 0.424. The van der Waals surface area contributed by atoms with Crippen molar-refractivity contribution < 1.29 is 4.92 Å². The number of aromatic nitrogens is 2. The van der Waals surface area contributed by atoms with Crippen molar-refractivity contribution in [2.45, 2.75) is 19.9 Å². The molecule has 1 rings (SSSR count). The molecule has 72 valence electrons. The summed E-state index contributed by atoms with van der Waals surface area (Å²) in [6.45, 7) is 2.35. The molecule has 13 heavy (non-hydrogen) atoms. The molecule has 6 heteroatoms. The Balaban J connectivity index is 3.06. The first-order chi connectivity index (χ1) is 6.20. The van der Waals surface area contributed by atoms with E-state index in [0.29, 0.717) is 12.4 Å². The molecule has 0 amide bonds. The first-order valence-corrected chi connectivity index (χ1v) is 4.49. The van der Waals surface area contributed by atoms with Crippen LogP contribution in [-0.2, 0) is 13.0 Å². The molecule has 0 aliphatic heterocycles. The molecule has 0 N–H and O–H groups in total. The molecular formula is C7H10ClN3O2. The van der Waals surface area contributed by atoms with E-state index in [0.717, 1.165) is 12.1 Å². The average Bonchev–Trinajstić information content (AvgIpc) is 2.48. The lowest BCUT2D eigenvalue weighted by molar-refractivity contribution is -0.396. The van der Waals surface area contributed by atoms with Gasteiger partial charge in [0.1, 0.15) is 11.9 Å². The maximum atomic E-state index is 10.5. The van der Waals surface area contributed by atoms with Gasteiger partial charge in [-0.2, -0.15) is 0 Å². The van der Waals surface area contributed by atoms with E-state index in [4.69, 9.17) is 11.6 Å². The van der Waals surface area contributed by atoms with Crippen molar-refractivity contribution in [3.05, 3.63) is 22.0 Å². The summed E-state index contributed by atoms with van der Waals surface area (Å²) < 4.78 is 1.53. The lowest BCUT2D eigenvalue weighted by Crippen LogP contribution is -2.07. The number of nitrogens with zero attached hydrogens (tertiary/aromatic N) is 3. The minimum Gasteiger partial charge on any atom is -0.390 e. The average molecular weight is 204 g/mol. The molecule has 0 aliphatic carbocycles. The zero-order chi connectivity index (χ0) is 9.84. The number of nitro groups is 1. The Bertz CT molecular complexity index is 311. The van der Waals surface area contributed by atoms with E-state index in [2.05, 4.69) is 4.98 Å². The van der Waals surface area contributed by atoms with Crippen LogP contribution in [0.4, 0.5) is 5.95 Å². The van der Waals surface area contributed by atoms with Gasteiger partial charge in [-0.1, -0.05) is 11.9 Å². The summed E-state index contributed by atoms with van der Waals surface area (Å²) in [6, 6.07) is 0. The SMILES string of the molecule is CCc1cnc([N+](=O)[O-])n1CCCl. The van der Waals surface area contributed by atoms with Crippen LogP contribution in [0, 0.1) is 10.1 Å². The normalized spacial score (nSPS) is 10.3. The van der Waals surface area contributed by atoms with Crippen molar-refractivity contribution >= 4 is 17.5 Å². The Morgan fingerprint density at radius 1 is 1.77 bits per heavy atom. The fourth-order valence-electron chi connectivity index (χ4n) is 1.16. The van der Waals surface area contributed by atoms with Crippen molar-refractivity contribution in [3.63, 3.8) is 0 Å². The van der Waals surface area contributed by atoms with Gasteiger partial charge in [0, 0.05) is 6.42 Å². The number of imidazole rings is 1. The molecule has 0 unspecified atom stereocenters. The highest BCUT2D eigenvalue weighted by atomic mass is 35.5. The summed E-state index contributed by atoms with van der Waals surface area (Å²) in [5, 5.41) is 10.5. The van der Waals surface area contributed by atoms with E-state index in [1.54, 1.807) is 0 Å². The highest BCUT2D eigenvalue weighted by Crippen LogP contribution is 2.13. The third kappa shape index (κ3) is 1.98. The molecule has 0 spiro atoms. The lowest BCUT2D eigenvalue weighted by atomic mass is 10.3. The first-order valence-electron chi connectivity index (χ1n) is 3.95. The molecule has 5 nitrogen and oxygen atoms in total. The van der Waals surface area contributed by atoms with Gasteiger partial charge in [-0.05, 0) is 4.92 Å². The molecule has 1 aromatic rings. The van der Waals surface area contributed by atoms with Gasteiger partial charge in [-0.25, -0.2) is 4.57 Å². The smallest absolute Gasteiger partial charge is 0.390 e. The molecule has 1 aromatic heterocycles. The summed E-state index contributed by atoms with van der Waals surface area (Å²) in [6.07, 6.45) is 2.24. The fraction of sp³-hybridized carbons (Fsp3) is 0.571. The second-order valence-electron chi connectivity index (χ2n) is 2.50. The summed E-state index contributed by atoms with van der Waals surface area (Å²) >= 11 is 5.53. The Morgan fingerprint density at radius 3 is 2.92 bits per heavy atom. The van der Waals surface area contributed by atoms with Crippen molar-refractivity contribution in [1.82, 2.24) is 9.55 Å². The Kier molecular flexibility index (Phi) is 3.25. The first kappa shape index (κ1) is 9.98. The second kappa shape index (κ2) is 4.23. The van der Waals surface area contributed by atoms with E-state index in [1.807, 2.05) is 6.92 Å². The molecule has 0 aromatic carbocycles. The minimum absolute atomic E-state index is 0.127. The number of aryl methyl sites for hydroxylation is 1. The molecule has 0 atom stereocenters. The lowest BCUT2D eigenvalue weighted by Gasteiger charge is -2.01. The number of alkyl halides is 1. The van der Waals surface area contributed by atoms with E-state index in [1.165, 1.54) is 10.8 Å². The Labute approximate surface area is 80.5 Å². The maximum Gasteiger partial charge on any atom is 0.434 e. The van der Waals surface area contributed by atoms with Crippen molar-refractivity contribution in [2.24, 2.45) is 0 Å². The molecule has 0 bridgehead atoms. The molecule has 0 saturated carbocycles. The minimum atomic E-state index is -0.494. The molecule has 0 aliphatic rings. The number of hydrogen-bond acceptors (Lipinski definition) is 3. The maximum absolute atomic E-state index is 10.5. The van der Waals surface area contributed by atoms with Gasteiger partial charge in [-0.3, -0.25) is 0 Å². The van der Waals surface area contributed by atoms with E-state index >= 15 is 0 Å². The van der Waals surface area contributed by atoms with Crippen LogP contribution in [0.5, 0.6) is 0 Å². The summed E-state index contributed by atoms with van der Waals surface area (Å²) in [5.41, 5.74) is 0.840. The van der Waals surface area contributed by atoms with Crippen LogP contribution in [0.25, 0.3) is 0 Å². The zero-order valence-corrected chi connectivity index (χ0v) is 7.99. The van der Waals surface area contributed by atoms with Crippen molar-refractivity contribution in [2.75, 3.05) is 5.88 Å². The van der Waals surface area contributed by atoms with Crippen LogP contribution in [-0.4, -0.2) is 20.4 Å². The number of halogens is 1. The van der Waals surface area contributed by atoms with Gasteiger partial charge in [0.2, 0.25) is 0 Å². The largest absolute Gasteiger partial charge is 0.434 e. The number of hydrogen-bond donors (Lipinski definition) is 0. The van der Waals surface area contributed by atoms with Crippen LogP contribution < -0.4 is 0 Å². The van der Waals surface area contributed by atoms with Crippen LogP contribution in [0.1, 0.15) is 12.6 Å². The second-order valence-corrected chi connectivity index (χ2v) is 2.88. The molecule has 0 radical (unpaired) electrons. The zero-order valence-electron chi connectivity index (χ0n) is 7.23. The molecule has 0 saturated heterocycles. The van der Waals surface area contributed by atoms with Crippen molar-refractivity contribution in [1.29, 1.82) is 0 Å². The third-order valence-corrected chi connectivity index (χ3v) is 1.92. The molecular weight excluding hydrogens is 194 g/mol. The fourth-order valence-corrected chi connectivity index (χ4v) is 1.33. The predicted octanol–water partition coefficient (Wildman–Crippen LogP) is 1.59. The van der Waals surface area contributed by atoms with E-state index in [-0.39, 0.29) is 5.95 Å². The highest BCUT2D eigenvalue weighted by molar-refractivity contribution is 6.17. The summed E-state index contributed by atoms with van der Waals surface area (Å²) in [5.74, 6) is 0.224.